The Kier molecular flexibility index (Phi) is 16.7. The minimum atomic E-state index is -1.59. The fourth-order valence-electron chi connectivity index (χ4n) is 9.79. The van der Waals surface area contributed by atoms with Crippen molar-refractivity contribution in [2.45, 2.75) is 95.6 Å². The van der Waals surface area contributed by atoms with Gasteiger partial charge in [-0.15, -0.1) is 18.2 Å². The highest BCUT2D eigenvalue weighted by Gasteiger charge is 2.66. The minimum absolute atomic E-state index is 0.0253. The minimum Gasteiger partial charge on any atom is -0.497 e. The van der Waals surface area contributed by atoms with E-state index in [2.05, 4.69) is 18.0 Å². The monoisotopic (exact) mass is 961 g/mol. The van der Waals surface area contributed by atoms with Gasteiger partial charge in [-0.25, -0.2) is 9.59 Å². The van der Waals surface area contributed by atoms with Crippen LogP contribution < -0.4 is 33.7 Å². The summed E-state index contributed by atoms with van der Waals surface area (Å²) in [5.74, 6) is 0.113. The number of methoxy groups -OCH3 is 2. The number of nitrogens with one attached hydrogen (secondary N) is 1. The van der Waals surface area contributed by atoms with Crippen molar-refractivity contribution in [1.29, 1.82) is 0 Å². The van der Waals surface area contributed by atoms with E-state index in [-0.39, 0.29) is 69.7 Å². The number of anilines is 1. The van der Waals surface area contributed by atoms with Crippen LogP contribution in [0.1, 0.15) is 82.8 Å². The molecule has 0 unspecified atom stereocenters. The molecular formula is C51H64ClN3O13. The van der Waals surface area contributed by atoms with Gasteiger partial charge in [0.25, 0.3) is 0 Å². The normalized spacial score (nSPS) is 22.7. The molecule has 0 saturated heterocycles. The van der Waals surface area contributed by atoms with Gasteiger partial charge in [0, 0.05) is 43.7 Å². The average molecular weight is 963 g/mol. The van der Waals surface area contributed by atoms with Crippen LogP contribution in [0.4, 0.5) is 15.3 Å². The number of ether oxygens (including phenoxy) is 8. The van der Waals surface area contributed by atoms with Crippen LogP contribution in [-0.2, 0) is 20.9 Å². The molecule has 0 radical (unpaired) electrons. The number of benzene rings is 3. The van der Waals surface area contributed by atoms with Crippen LogP contribution in [0.3, 0.4) is 0 Å². The van der Waals surface area contributed by atoms with Crippen LogP contribution in [0.15, 0.2) is 84.1 Å². The first-order valence-electron chi connectivity index (χ1n) is 23.2. The van der Waals surface area contributed by atoms with Gasteiger partial charge in [0.05, 0.1) is 44.0 Å². The summed E-state index contributed by atoms with van der Waals surface area (Å²) < 4.78 is 48.5. The molecular weight excluding hydrogens is 898 g/mol. The summed E-state index contributed by atoms with van der Waals surface area (Å²) >= 11 is 6.13. The smallest absolute Gasteiger partial charge is 0.417 e. The fourth-order valence-corrected chi connectivity index (χ4v) is 9.87. The van der Waals surface area contributed by atoms with Crippen LogP contribution in [0.25, 0.3) is 0 Å². The predicted octanol–water partition coefficient (Wildman–Crippen LogP) is 9.35. The van der Waals surface area contributed by atoms with Crippen LogP contribution in [-0.4, -0.2) is 104 Å². The van der Waals surface area contributed by atoms with Gasteiger partial charge in [-0.05, 0) is 112 Å². The van der Waals surface area contributed by atoms with Gasteiger partial charge < -0.3 is 52.9 Å². The summed E-state index contributed by atoms with van der Waals surface area (Å²) in [6.07, 6.45) is 6.74. The molecule has 2 amide bonds. The summed E-state index contributed by atoms with van der Waals surface area (Å²) in [7, 11) is 3.04. The third-order valence-electron chi connectivity index (χ3n) is 12.6. The Labute approximate surface area is 403 Å². The van der Waals surface area contributed by atoms with E-state index in [1.54, 1.807) is 48.4 Å². The molecule has 3 aromatic carbocycles. The number of fused-ring (bicyclic) bond motifs is 3. The van der Waals surface area contributed by atoms with Crippen molar-refractivity contribution in [3.8, 4) is 34.5 Å². The summed E-state index contributed by atoms with van der Waals surface area (Å²) in [4.78, 5) is 36.2. The molecule has 68 heavy (non-hydrogen) atoms. The third-order valence-corrected chi connectivity index (χ3v) is 12.8. The average Bonchev–Trinajstić information content (AvgIpc) is 3.80. The second kappa shape index (κ2) is 22.6. The first kappa shape index (κ1) is 50.2. The fraction of sp³-hybridized carbons (Fsp3) is 0.510. The number of aliphatic hydroxyl groups excluding tert-OH is 2. The first-order chi connectivity index (χ1) is 32.9. The molecule has 0 bridgehead atoms. The molecule has 3 N–H and O–H groups in total. The van der Waals surface area contributed by atoms with Crippen molar-refractivity contribution in [1.82, 2.24) is 4.90 Å². The van der Waals surface area contributed by atoms with E-state index in [0.29, 0.717) is 65.8 Å². The van der Waals surface area contributed by atoms with Crippen LogP contribution in [0.5, 0.6) is 34.5 Å². The molecule has 4 aliphatic rings. The molecule has 16 nitrogen and oxygen atoms in total. The van der Waals surface area contributed by atoms with Crippen LogP contribution in [0.2, 0.25) is 0 Å². The van der Waals surface area contributed by atoms with Gasteiger partial charge in [0.1, 0.15) is 41.2 Å². The van der Waals surface area contributed by atoms with E-state index in [0.717, 1.165) is 29.5 Å². The largest absolute Gasteiger partial charge is 0.497 e. The number of halogens is 1. The van der Waals surface area contributed by atoms with E-state index in [9.17, 15) is 19.8 Å². The third kappa shape index (κ3) is 11.3. The van der Waals surface area contributed by atoms with E-state index in [4.69, 9.17) is 59.5 Å². The zero-order valence-corrected chi connectivity index (χ0v) is 40.3. The summed E-state index contributed by atoms with van der Waals surface area (Å²) in [6, 6.07) is 14.9. The molecule has 2 aliphatic heterocycles. The highest BCUT2D eigenvalue weighted by molar-refractivity contribution is 6.18. The number of oxime groups is 1. The Morgan fingerprint density at radius 2 is 1.71 bits per heavy atom. The Bertz CT molecular complexity index is 2320. The molecule has 7 rings (SSSR count). The zero-order chi connectivity index (χ0) is 48.4. The Hall–Kier alpha value is -5.68. The highest BCUT2D eigenvalue weighted by Crippen LogP contribution is 2.62. The van der Waals surface area contributed by atoms with Gasteiger partial charge in [0.15, 0.2) is 11.5 Å². The Morgan fingerprint density at radius 3 is 2.43 bits per heavy atom. The zero-order valence-electron chi connectivity index (χ0n) is 39.5. The Balaban J connectivity index is 1.42. The second-order valence-electron chi connectivity index (χ2n) is 18.2. The number of hydrogen-bond donors (Lipinski definition) is 3. The number of unbranched alkanes of at least 4 members (excludes halogenated alkanes) is 2. The lowest BCUT2D eigenvalue weighted by atomic mass is 9.55. The van der Waals surface area contributed by atoms with Gasteiger partial charge in [-0.3, -0.25) is 10.2 Å². The first-order valence-corrected chi connectivity index (χ1v) is 23.8. The lowest BCUT2D eigenvalue weighted by molar-refractivity contribution is -0.256. The van der Waals surface area contributed by atoms with Crippen LogP contribution in [0, 0.1) is 17.8 Å². The summed E-state index contributed by atoms with van der Waals surface area (Å²) in [6.45, 7) is 9.98. The molecule has 17 heteroatoms. The summed E-state index contributed by atoms with van der Waals surface area (Å²) in [5, 5.41) is 27.7. The Morgan fingerprint density at radius 1 is 0.956 bits per heavy atom. The predicted molar refractivity (Wildman–Crippen MR) is 255 cm³/mol. The molecule has 368 valence electrons. The van der Waals surface area contributed by atoms with Crippen LogP contribution >= 0.6 is 11.6 Å². The molecule has 0 spiro atoms. The number of hydrogen-bond acceptors (Lipinski definition) is 14. The van der Waals surface area contributed by atoms with Crippen molar-refractivity contribution in [2.24, 2.45) is 22.9 Å². The molecule has 2 aliphatic carbocycles. The van der Waals surface area contributed by atoms with Crippen molar-refractivity contribution in [2.75, 3.05) is 58.6 Å². The van der Waals surface area contributed by atoms with Gasteiger partial charge in [0.2, 0.25) is 12.6 Å². The second-order valence-corrected chi connectivity index (χ2v) is 18.6. The number of carbonyl (C=O) groups is 2. The van der Waals surface area contributed by atoms with Gasteiger partial charge in [-0.2, -0.15) is 0 Å². The van der Waals surface area contributed by atoms with Crippen molar-refractivity contribution in [3.63, 3.8) is 0 Å². The number of nitrogens with zero attached hydrogens (tertiary/aromatic N) is 2. The van der Waals surface area contributed by atoms with Crippen molar-refractivity contribution in [3.05, 3.63) is 90.0 Å². The lowest BCUT2D eigenvalue weighted by Gasteiger charge is -2.60. The quantitative estimate of drug-likeness (QED) is 0.0397. The van der Waals surface area contributed by atoms with E-state index in [1.807, 2.05) is 45.0 Å². The van der Waals surface area contributed by atoms with Crippen molar-refractivity contribution < 1.29 is 62.5 Å². The molecule has 1 fully saturated rings. The standard InChI is InChI=1S/C51H64ClN3O13/c1-7-23-65-51-45(55(49(59)62-24-20-52)30-32-14-18-42-44(25-32)64-31-63-42)29-40(54-68-50(2,3)4)37-26-33(12-8-10-21-56)36(13-9-11-22-57)46(47(37)51)38-27-35(16-19-41(38)67-51)66-48(58)53-39-17-15-34(60-5)28-43(39)61-6/h7,14-19,25-28,33,36,45-47,56-57H,1,8-13,20-24,29-31H2,2-6H3,(H,53,58)/t33-,36+,45-,46+,47+,51+/m0/s1. The molecule has 0 aromatic heterocycles. The molecule has 2 heterocycles. The topological polar surface area (TPSA) is 185 Å². The number of rotatable bonds is 21. The number of aliphatic hydroxyl groups is 2. The number of carbonyl (C=O) groups excluding carboxylic acids is 2. The van der Waals surface area contributed by atoms with Gasteiger partial charge in [-0.1, -0.05) is 36.2 Å². The van der Waals surface area contributed by atoms with E-state index < -0.39 is 41.5 Å². The number of amides is 2. The van der Waals surface area contributed by atoms with Crippen molar-refractivity contribution >= 4 is 35.2 Å². The molecule has 3 aromatic rings. The molecule has 6 atom stereocenters. The number of alkyl halides is 1. The number of allylic oxidation sites excluding steroid dienone is 1. The summed E-state index contributed by atoms with van der Waals surface area (Å²) in [5.41, 5.74) is 2.64. The maximum absolute atomic E-state index is 14.7. The molecule has 1 saturated carbocycles. The SMILES string of the molecule is C=CCO[C@@]12Oc3ccc(OC(=O)Nc4ccc(OC)cc4OC)cc3[C@H]3[C@H](CCCCO)[C@@H](CCCCO)C=C(C(=NOC(C)(C)C)C[C@@H]1N(Cc1ccc4c(c1)OCO4)C(=O)OCCCl)[C@H]32. The van der Waals surface area contributed by atoms with E-state index in [1.165, 1.54) is 7.11 Å². The van der Waals surface area contributed by atoms with Gasteiger partial charge >= 0.3 is 12.2 Å². The maximum atomic E-state index is 14.7. The maximum Gasteiger partial charge on any atom is 0.417 e. The highest BCUT2D eigenvalue weighted by atomic mass is 35.5. The van der Waals surface area contributed by atoms with E-state index >= 15 is 0 Å². The lowest BCUT2D eigenvalue weighted by Crippen LogP contribution is -2.70.